The van der Waals surface area contributed by atoms with E-state index in [-0.39, 0.29) is 17.0 Å². The Balaban J connectivity index is 1.91. The van der Waals surface area contributed by atoms with Crippen LogP contribution in [0.25, 0.3) is 11.0 Å². The van der Waals surface area contributed by atoms with E-state index in [0.717, 1.165) is 23.5 Å². The van der Waals surface area contributed by atoms with Crippen LogP contribution in [0.15, 0.2) is 27.7 Å². The zero-order valence-electron chi connectivity index (χ0n) is 13.1. The molecule has 0 aliphatic heterocycles. The summed E-state index contributed by atoms with van der Waals surface area (Å²) >= 11 is 0. The van der Waals surface area contributed by atoms with Gasteiger partial charge in [-0.15, -0.1) is 0 Å². The lowest BCUT2D eigenvalue weighted by molar-refractivity contribution is 0.315. The van der Waals surface area contributed by atoms with Crippen molar-refractivity contribution in [1.82, 2.24) is 24.8 Å². The van der Waals surface area contributed by atoms with E-state index in [4.69, 9.17) is 0 Å². The minimum atomic E-state index is -3.74. The first-order chi connectivity index (χ1) is 10.9. The molecule has 0 saturated heterocycles. The van der Waals surface area contributed by atoms with Crippen molar-refractivity contribution in [3.8, 4) is 0 Å². The lowest BCUT2D eigenvalue weighted by Gasteiger charge is -2.07. The Bertz CT molecular complexity index is 958. The van der Waals surface area contributed by atoms with E-state index in [1.54, 1.807) is 12.1 Å². The van der Waals surface area contributed by atoms with Gasteiger partial charge in [0.15, 0.2) is 5.52 Å². The molecule has 3 rings (SSSR count). The lowest BCUT2D eigenvalue weighted by Crippen LogP contribution is -2.24. The van der Waals surface area contributed by atoms with Crippen molar-refractivity contribution in [3.63, 3.8) is 0 Å². The zero-order valence-corrected chi connectivity index (χ0v) is 13.9. The molecule has 0 amide bonds. The molecule has 0 aliphatic carbocycles. The molecule has 0 bridgehead atoms. The van der Waals surface area contributed by atoms with Crippen molar-refractivity contribution >= 4 is 21.1 Å². The number of nitrogens with one attached hydrogen (secondary N) is 1. The third kappa shape index (κ3) is 2.73. The second-order valence-corrected chi connectivity index (χ2v) is 6.91. The molecule has 2 aromatic heterocycles. The van der Waals surface area contributed by atoms with E-state index in [2.05, 4.69) is 24.8 Å². The average Bonchev–Trinajstić information content (AvgIpc) is 3.09. The summed E-state index contributed by atoms with van der Waals surface area (Å²) in [5.41, 5.74) is 3.26. The van der Waals surface area contributed by atoms with E-state index >= 15 is 0 Å². The Hall–Kier alpha value is -2.26. The molecule has 0 unspecified atom stereocenters. The maximum absolute atomic E-state index is 12.6. The highest BCUT2D eigenvalue weighted by Gasteiger charge is 2.21. The molecule has 122 valence electrons. The molecular weight excluding hydrogens is 318 g/mol. The smallest absolute Gasteiger partial charge is 0.243 e. The zero-order chi connectivity index (χ0) is 16.6. The molecule has 0 radical (unpaired) electrons. The molecule has 2 heterocycles. The fourth-order valence-electron chi connectivity index (χ4n) is 2.54. The van der Waals surface area contributed by atoms with Crippen molar-refractivity contribution in [2.45, 2.75) is 38.8 Å². The van der Waals surface area contributed by atoms with E-state index in [1.165, 1.54) is 6.07 Å². The quantitative estimate of drug-likeness (QED) is 0.758. The van der Waals surface area contributed by atoms with Crippen LogP contribution in [-0.4, -0.2) is 28.5 Å². The van der Waals surface area contributed by atoms with Crippen LogP contribution in [0.3, 0.4) is 0 Å². The molecule has 9 heteroatoms. The van der Waals surface area contributed by atoms with Gasteiger partial charge in [0.1, 0.15) is 10.4 Å². The van der Waals surface area contributed by atoms with Gasteiger partial charge >= 0.3 is 0 Å². The summed E-state index contributed by atoms with van der Waals surface area (Å²) in [6.45, 7) is 6.69. The highest BCUT2D eigenvalue weighted by atomic mass is 32.2. The third-order valence-electron chi connectivity index (χ3n) is 3.81. The Labute approximate surface area is 133 Å². The Morgan fingerprint density at radius 2 is 2.04 bits per heavy atom. The summed E-state index contributed by atoms with van der Waals surface area (Å²) < 4.78 is 34.2. The normalized spacial score (nSPS) is 12.1. The SMILES string of the molecule is CCn1nc(C)c(CNS(=O)(=O)c2cccc3nonc23)c1C. The molecule has 0 fully saturated rings. The number of sulfonamides is 1. The van der Waals surface area contributed by atoms with Gasteiger partial charge in [0.25, 0.3) is 0 Å². The maximum atomic E-state index is 12.6. The minimum absolute atomic E-state index is 0.0504. The van der Waals surface area contributed by atoms with Crippen LogP contribution in [0, 0.1) is 13.8 Å². The summed E-state index contributed by atoms with van der Waals surface area (Å²) in [6, 6.07) is 4.72. The molecule has 1 aromatic carbocycles. The number of aromatic nitrogens is 4. The van der Waals surface area contributed by atoms with Crippen molar-refractivity contribution < 1.29 is 13.0 Å². The summed E-state index contributed by atoms with van der Waals surface area (Å²) in [5.74, 6) is 0. The third-order valence-corrected chi connectivity index (χ3v) is 5.24. The standard InChI is InChI=1S/C14H17N5O3S/c1-4-19-10(3)11(9(2)16-19)8-15-23(20,21)13-7-5-6-12-14(13)18-22-17-12/h5-7,15H,4,8H2,1-3H3. The van der Waals surface area contributed by atoms with Crippen molar-refractivity contribution in [2.24, 2.45) is 0 Å². The van der Waals surface area contributed by atoms with Crippen LogP contribution in [0.4, 0.5) is 0 Å². The Morgan fingerprint density at radius 1 is 1.26 bits per heavy atom. The predicted octanol–water partition coefficient (Wildman–Crippen LogP) is 1.53. The highest BCUT2D eigenvalue weighted by molar-refractivity contribution is 7.89. The summed E-state index contributed by atoms with van der Waals surface area (Å²) in [5, 5.41) is 11.7. The molecule has 0 saturated carbocycles. The van der Waals surface area contributed by atoms with Crippen molar-refractivity contribution in [3.05, 3.63) is 35.2 Å². The van der Waals surface area contributed by atoms with Crippen molar-refractivity contribution in [1.29, 1.82) is 0 Å². The Kier molecular flexibility index (Phi) is 3.90. The second kappa shape index (κ2) is 5.74. The number of aryl methyl sites for hydroxylation is 2. The summed E-state index contributed by atoms with van der Waals surface area (Å²) in [6.07, 6.45) is 0. The first-order valence-electron chi connectivity index (χ1n) is 7.18. The van der Waals surface area contributed by atoms with Gasteiger partial charge in [0.05, 0.1) is 5.69 Å². The number of benzene rings is 1. The van der Waals surface area contributed by atoms with Crippen LogP contribution in [-0.2, 0) is 23.1 Å². The summed E-state index contributed by atoms with van der Waals surface area (Å²) in [4.78, 5) is 0.0504. The first kappa shape index (κ1) is 15.6. The summed E-state index contributed by atoms with van der Waals surface area (Å²) in [7, 11) is -3.74. The second-order valence-electron chi connectivity index (χ2n) is 5.18. The molecule has 23 heavy (non-hydrogen) atoms. The lowest BCUT2D eigenvalue weighted by atomic mass is 10.2. The molecule has 8 nitrogen and oxygen atoms in total. The van der Waals surface area contributed by atoms with E-state index in [1.807, 2.05) is 25.5 Å². The van der Waals surface area contributed by atoms with E-state index in [9.17, 15) is 8.42 Å². The van der Waals surface area contributed by atoms with Gasteiger partial charge in [0, 0.05) is 24.3 Å². The van der Waals surface area contributed by atoms with Crippen LogP contribution < -0.4 is 4.72 Å². The predicted molar refractivity (Wildman–Crippen MR) is 83.2 cm³/mol. The van der Waals surface area contributed by atoms with E-state index < -0.39 is 10.0 Å². The monoisotopic (exact) mass is 335 g/mol. The largest absolute Gasteiger partial charge is 0.270 e. The molecule has 3 aromatic rings. The minimum Gasteiger partial charge on any atom is -0.270 e. The van der Waals surface area contributed by atoms with Crippen LogP contribution in [0.2, 0.25) is 0 Å². The number of fused-ring (bicyclic) bond motifs is 1. The number of hydrogen-bond acceptors (Lipinski definition) is 6. The van der Waals surface area contributed by atoms with Gasteiger partial charge in [-0.1, -0.05) is 6.07 Å². The average molecular weight is 335 g/mol. The highest BCUT2D eigenvalue weighted by Crippen LogP contribution is 2.20. The van der Waals surface area contributed by atoms with Gasteiger partial charge in [0.2, 0.25) is 10.0 Å². The fraction of sp³-hybridized carbons (Fsp3) is 0.357. The van der Waals surface area contributed by atoms with E-state index in [0.29, 0.717) is 5.52 Å². The number of nitrogens with zero attached hydrogens (tertiary/aromatic N) is 4. The molecular formula is C14H17N5O3S. The number of hydrogen-bond donors (Lipinski definition) is 1. The first-order valence-corrected chi connectivity index (χ1v) is 8.66. The fourth-order valence-corrected chi connectivity index (χ4v) is 3.68. The van der Waals surface area contributed by atoms with Gasteiger partial charge in [-0.25, -0.2) is 17.8 Å². The van der Waals surface area contributed by atoms with Gasteiger partial charge < -0.3 is 0 Å². The van der Waals surface area contributed by atoms with Gasteiger partial charge in [-0.05, 0) is 43.2 Å². The maximum Gasteiger partial charge on any atom is 0.243 e. The topological polar surface area (TPSA) is 103 Å². The Morgan fingerprint density at radius 3 is 2.74 bits per heavy atom. The van der Waals surface area contributed by atoms with Crippen LogP contribution >= 0.6 is 0 Å². The molecule has 0 spiro atoms. The molecule has 0 aliphatic rings. The molecule has 0 atom stereocenters. The van der Waals surface area contributed by atoms with Gasteiger partial charge in [-0.2, -0.15) is 5.10 Å². The van der Waals surface area contributed by atoms with Gasteiger partial charge in [-0.3, -0.25) is 4.68 Å². The van der Waals surface area contributed by atoms with Crippen LogP contribution in [0.5, 0.6) is 0 Å². The number of rotatable bonds is 5. The van der Waals surface area contributed by atoms with Crippen molar-refractivity contribution in [2.75, 3.05) is 0 Å². The van der Waals surface area contributed by atoms with Crippen LogP contribution in [0.1, 0.15) is 23.9 Å². The molecule has 1 N–H and O–H groups in total.